The van der Waals surface area contributed by atoms with Crippen molar-refractivity contribution < 1.29 is 19.1 Å². The molecule has 0 unspecified atom stereocenters. The number of hydrogen-bond acceptors (Lipinski definition) is 3. The highest BCUT2D eigenvalue weighted by atomic mass is 16.4. The number of rotatable bonds is 3. The van der Waals surface area contributed by atoms with Crippen molar-refractivity contribution in [1.29, 1.82) is 0 Å². The minimum absolute atomic E-state index is 0.163. The van der Waals surface area contributed by atoms with Crippen LogP contribution in [0.2, 0.25) is 0 Å². The number of aliphatic carboxylic acids is 1. The lowest BCUT2D eigenvalue weighted by atomic mass is 9.89. The van der Waals surface area contributed by atoms with Crippen LogP contribution in [0.1, 0.15) is 33.4 Å². The van der Waals surface area contributed by atoms with Gasteiger partial charge in [0, 0.05) is 19.0 Å². The van der Waals surface area contributed by atoms with Gasteiger partial charge in [0.15, 0.2) is 0 Å². The van der Waals surface area contributed by atoms with Crippen LogP contribution in [-0.2, 0) is 4.79 Å². The zero-order valence-corrected chi connectivity index (χ0v) is 13.2. The fourth-order valence-corrected chi connectivity index (χ4v) is 3.27. The van der Waals surface area contributed by atoms with Crippen molar-refractivity contribution >= 4 is 11.9 Å². The molecular weight excluding hydrogens is 294 g/mol. The van der Waals surface area contributed by atoms with Crippen molar-refractivity contribution in [3.8, 4) is 0 Å². The summed E-state index contributed by atoms with van der Waals surface area (Å²) in [5.41, 5.74) is 1.47. The molecule has 2 aromatic rings. The maximum absolute atomic E-state index is 12.7. The van der Waals surface area contributed by atoms with Gasteiger partial charge in [-0.2, -0.15) is 0 Å². The second kappa shape index (κ2) is 5.91. The van der Waals surface area contributed by atoms with Gasteiger partial charge in [-0.3, -0.25) is 9.59 Å². The van der Waals surface area contributed by atoms with Crippen LogP contribution in [0.15, 0.2) is 40.8 Å². The van der Waals surface area contributed by atoms with Crippen molar-refractivity contribution in [2.75, 3.05) is 13.1 Å². The van der Waals surface area contributed by atoms with Gasteiger partial charge < -0.3 is 14.4 Å². The maximum Gasteiger partial charge on any atom is 0.308 e. The molecule has 1 aliphatic rings. The van der Waals surface area contributed by atoms with E-state index >= 15 is 0 Å². The van der Waals surface area contributed by atoms with Gasteiger partial charge in [-0.15, -0.1) is 0 Å². The molecule has 5 nitrogen and oxygen atoms in total. The van der Waals surface area contributed by atoms with Crippen LogP contribution >= 0.6 is 0 Å². The molecule has 3 rings (SSSR count). The summed E-state index contributed by atoms with van der Waals surface area (Å²) in [4.78, 5) is 25.9. The Bertz CT molecular complexity index is 735. The van der Waals surface area contributed by atoms with Crippen LogP contribution in [0.5, 0.6) is 0 Å². The molecule has 1 N–H and O–H groups in total. The summed E-state index contributed by atoms with van der Waals surface area (Å²) in [6.07, 6.45) is 0. The van der Waals surface area contributed by atoms with Crippen LogP contribution in [-0.4, -0.2) is 35.0 Å². The van der Waals surface area contributed by atoms with Crippen LogP contribution in [0.4, 0.5) is 0 Å². The standard InChI is InChI=1S/C18H19NO4/c1-11-8-14(12(2)23-11)17(20)19-9-15(16(10-19)18(21)22)13-6-4-3-5-7-13/h3-8,15-16H,9-10H2,1-2H3,(H,21,22)/t15-,16-/m0/s1. The van der Waals surface area contributed by atoms with E-state index in [4.69, 9.17) is 4.42 Å². The molecule has 0 saturated carbocycles. The fourth-order valence-electron chi connectivity index (χ4n) is 3.27. The van der Waals surface area contributed by atoms with Gasteiger partial charge in [-0.25, -0.2) is 0 Å². The van der Waals surface area contributed by atoms with E-state index in [-0.39, 0.29) is 18.4 Å². The summed E-state index contributed by atoms with van der Waals surface area (Å²) < 4.78 is 5.42. The molecule has 2 atom stereocenters. The van der Waals surface area contributed by atoms with E-state index in [2.05, 4.69) is 0 Å². The third-order valence-corrected chi connectivity index (χ3v) is 4.42. The van der Waals surface area contributed by atoms with Gasteiger partial charge in [-0.05, 0) is 25.5 Å². The summed E-state index contributed by atoms with van der Waals surface area (Å²) >= 11 is 0. The number of furan rings is 1. The number of carboxylic acids is 1. The molecule has 23 heavy (non-hydrogen) atoms. The van der Waals surface area contributed by atoms with E-state index in [1.807, 2.05) is 30.3 Å². The third-order valence-electron chi connectivity index (χ3n) is 4.42. The molecule has 0 radical (unpaired) electrons. The lowest BCUT2D eigenvalue weighted by Crippen LogP contribution is -2.30. The number of benzene rings is 1. The number of likely N-dealkylation sites (tertiary alicyclic amines) is 1. The molecule has 1 aliphatic heterocycles. The van der Waals surface area contributed by atoms with E-state index < -0.39 is 11.9 Å². The predicted octanol–water partition coefficient (Wildman–Crippen LogP) is 2.84. The summed E-state index contributed by atoms with van der Waals surface area (Å²) in [7, 11) is 0. The lowest BCUT2D eigenvalue weighted by Gasteiger charge is -2.16. The largest absolute Gasteiger partial charge is 0.481 e. The maximum atomic E-state index is 12.7. The third kappa shape index (κ3) is 2.86. The SMILES string of the molecule is Cc1cc(C(=O)N2C[C@H](C(=O)O)[C@H](c3ccccc3)C2)c(C)o1. The molecule has 1 aromatic carbocycles. The second-order valence-electron chi connectivity index (χ2n) is 6.00. The van der Waals surface area contributed by atoms with Crippen LogP contribution in [0.25, 0.3) is 0 Å². The average molecular weight is 313 g/mol. The second-order valence-corrected chi connectivity index (χ2v) is 6.00. The first-order valence-corrected chi connectivity index (χ1v) is 7.61. The van der Waals surface area contributed by atoms with Crippen molar-refractivity contribution in [3.05, 3.63) is 59.0 Å². The Morgan fingerprint density at radius 3 is 2.43 bits per heavy atom. The van der Waals surface area contributed by atoms with Gasteiger partial charge >= 0.3 is 5.97 Å². The Hall–Kier alpha value is -2.56. The van der Waals surface area contributed by atoms with Gasteiger partial charge in [0.05, 0.1) is 11.5 Å². The van der Waals surface area contributed by atoms with E-state index in [0.29, 0.717) is 23.6 Å². The van der Waals surface area contributed by atoms with Gasteiger partial charge in [0.25, 0.3) is 5.91 Å². The molecule has 120 valence electrons. The minimum Gasteiger partial charge on any atom is -0.481 e. The number of carboxylic acid groups (broad SMARTS) is 1. The molecule has 0 bridgehead atoms. The van der Waals surface area contributed by atoms with Crippen molar-refractivity contribution in [3.63, 3.8) is 0 Å². The van der Waals surface area contributed by atoms with Crippen LogP contribution in [0, 0.1) is 19.8 Å². The molecular formula is C18H19NO4. The van der Waals surface area contributed by atoms with E-state index in [1.54, 1.807) is 24.8 Å². The number of carbonyl (C=O) groups is 2. The Labute approximate surface area is 134 Å². The summed E-state index contributed by atoms with van der Waals surface area (Å²) in [5, 5.41) is 9.52. The number of nitrogens with zero attached hydrogens (tertiary/aromatic N) is 1. The molecule has 5 heteroatoms. The molecule has 2 heterocycles. The van der Waals surface area contributed by atoms with Crippen molar-refractivity contribution in [2.24, 2.45) is 5.92 Å². The Morgan fingerprint density at radius 2 is 1.87 bits per heavy atom. The lowest BCUT2D eigenvalue weighted by molar-refractivity contribution is -0.141. The van der Waals surface area contributed by atoms with Gasteiger partial charge in [-0.1, -0.05) is 30.3 Å². The average Bonchev–Trinajstić information content (AvgIpc) is 3.11. The Balaban J connectivity index is 1.87. The zero-order chi connectivity index (χ0) is 16.6. The molecule has 1 amide bonds. The van der Waals surface area contributed by atoms with E-state index in [1.165, 1.54) is 0 Å². The minimum atomic E-state index is -0.866. The zero-order valence-electron chi connectivity index (χ0n) is 13.2. The molecule has 0 spiro atoms. The van der Waals surface area contributed by atoms with Crippen LogP contribution < -0.4 is 0 Å². The predicted molar refractivity (Wildman–Crippen MR) is 84.4 cm³/mol. The topological polar surface area (TPSA) is 70.8 Å². The van der Waals surface area contributed by atoms with E-state index in [9.17, 15) is 14.7 Å². The first kappa shape index (κ1) is 15.3. The fraction of sp³-hybridized carbons (Fsp3) is 0.333. The molecule has 1 fully saturated rings. The first-order valence-electron chi connectivity index (χ1n) is 7.61. The highest BCUT2D eigenvalue weighted by molar-refractivity contribution is 5.96. The quantitative estimate of drug-likeness (QED) is 0.946. The smallest absolute Gasteiger partial charge is 0.308 e. The van der Waals surface area contributed by atoms with Gasteiger partial charge in [0.2, 0.25) is 0 Å². The molecule has 1 saturated heterocycles. The summed E-state index contributed by atoms with van der Waals surface area (Å²) in [6, 6.07) is 11.2. The highest BCUT2D eigenvalue weighted by Crippen LogP contribution is 2.34. The van der Waals surface area contributed by atoms with Crippen LogP contribution in [0.3, 0.4) is 0 Å². The van der Waals surface area contributed by atoms with Crippen molar-refractivity contribution in [2.45, 2.75) is 19.8 Å². The Morgan fingerprint density at radius 1 is 1.17 bits per heavy atom. The summed E-state index contributed by atoms with van der Waals surface area (Å²) in [5.74, 6) is -0.555. The number of hydrogen-bond donors (Lipinski definition) is 1. The monoisotopic (exact) mass is 313 g/mol. The normalized spacial score (nSPS) is 20.7. The number of aryl methyl sites for hydroxylation is 2. The van der Waals surface area contributed by atoms with Gasteiger partial charge in [0.1, 0.15) is 11.5 Å². The highest BCUT2D eigenvalue weighted by Gasteiger charge is 2.41. The van der Waals surface area contributed by atoms with Crippen molar-refractivity contribution in [1.82, 2.24) is 4.90 Å². The first-order chi connectivity index (χ1) is 11.0. The van der Waals surface area contributed by atoms with E-state index in [0.717, 1.165) is 5.56 Å². The Kier molecular flexibility index (Phi) is 3.94. The number of carbonyl (C=O) groups excluding carboxylic acids is 1. The molecule has 1 aromatic heterocycles. The molecule has 0 aliphatic carbocycles. The summed E-state index contributed by atoms with van der Waals surface area (Å²) in [6.45, 7) is 4.17. The number of amides is 1.